The maximum Gasteiger partial charge on any atom is 0.338 e. The lowest BCUT2D eigenvalue weighted by Gasteiger charge is -2.04. The van der Waals surface area contributed by atoms with E-state index in [-0.39, 0.29) is 11.1 Å². The molecule has 2 rings (SSSR count). The van der Waals surface area contributed by atoms with Crippen molar-refractivity contribution < 1.29 is 33.4 Å². The second-order valence-corrected chi connectivity index (χ2v) is 3.60. The highest BCUT2D eigenvalue weighted by Crippen LogP contribution is 2.10. The SMILES string of the molecule is COC(=O)c1ccccc1C(=O)OC.O=C1C=CC(=O)O1. The molecule has 1 aliphatic heterocycles. The highest BCUT2D eigenvalue weighted by atomic mass is 16.6. The molecular formula is C14H12O7. The first-order valence-electron chi connectivity index (χ1n) is 5.69. The third-order valence-electron chi connectivity index (χ3n) is 2.29. The van der Waals surface area contributed by atoms with Crippen molar-refractivity contribution in [3.05, 3.63) is 47.5 Å². The monoisotopic (exact) mass is 292 g/mol. The lowest BCUT2D eigenvalue weighted by molar-refractivity contribution is -0.150. The summed E-state index contributed by atoms with van der Waals surface area (Å²) in [5.41, 5.74) is 0.420. The number of esters is 4. The average molecular weight is 292 g/mol. The van der Waals surface area contributed by atoms with Crippen molar-refractivity contribution in [2.24, 2.45) is 0 Å². The van der Waals surface area contributed by atoms with E-state index in [1.165, 1.54) is 26.4 Å². The molecule has 0 N–H and O–H groups in total. The molecule has 0 unspecified atom stereocenters. The molecule has 110 valence electrons. The first kappa shape index (κ1) is 16.1. The summed E-state index contributed by atoms with van der Waals surface area (Å²) in [5.74, 6) is -2.26. The summed E-state index contributed by atoms with van der Waals surface area (Å²) in [5, 5.41) is 0. The summed E-state index contributed by atoms with van der Waals surface area (Å²) in [6.45, 7) is 0. The van der Waals surface area contributed by atoms with Gasteiger partial charge in [-0.2, -0.15) is 0 Å². The fourth-order valence-electron chi connectivity index (χ4n) is 1.36. The van der Waals surface area contributed by atoms with Gasteiger partial charge in [0.25, 0.3) is 0 Å². The van der Waals surface area contributed by atoms with Crippen LogP contribution in [0.3, 0.4) is 0 Å². The minimum absolute atomic E-state index is 0.210. The standard InChI is InChI=1S/C10H10O4.C4H2O3/c1-13-9(11)7-5-3-4-6-8(7)10(12)14-2;5-3-1-2-4(6)7-3/h3-6H,1-2H3;1-2H. The summed E-state index contributed by atoms with van der Waals surface area (Å²) in [7, 11) is 2.52. The zero-order valence-corrected chi connectivity index (χ0v) is 11.3. The number of benzene rings is 1. The number of ether oxygens (including phenoxy) is 3. The van der Waals surface area contributed by atoms with Crippen LogP contribution in [0.25, 0.3) is 0 Å². The second-order valence-electron chi connectivity index (χ2n) is 3.60. The van der Waals surface area contributed by atoms with Gasteiger partial charge < -0.3 is 14.2 Å². The van der Waals surface area contributed by atoms with E-state index in [0.717, 1.165) is 12.2 Å². The van der Waals surface area contributed by atoms with E-state index < -0.39 is 23.9 Å². The molecule has 7 nitrogen and oxygen atoms in total. The third kappa shape index (κ3) is 4.57. The number of cyclic esters (lactones) is 2. The van der Waals surface area contributed by atoms with Crippen LogP contribution in [0, 0.1) is 0 Å². The van der Waals surface area contributed by atoms with Crippen LogP contribution < -0.4 is 0 Å². The van der Waals surface area contributed by atoms with Crippen LogP contribution in [-0.2, 0) is 23.8 Å². The van der Waals surface area contributed by atoms with Gasteiger partial charge in [-0.3, -0.25) is 0 Å². The molecule has 0 saturated carbocycles. The van der Waals surface area contributed by atoms with Crippen LogP contribution in [-0.4, -0.2) is 38.1 Å². The number of carbonyl (C=O) groups excluding carboxylic acids is 4. The molecule has 0 fully saturated rings. The van der Waals surface area contributed by atoms with Gasteiger partial charge >= 0.3 is 23.9 Å². The van der Waals surface area contributed by atoms with Gasteiger partial charge in [-0.15, -0.1) is 0 Å². The lowest BCUT2D eigenvalue weighted by Crippen LogP contribution is -2.11. The Labute approximate surface area is 120 Å². The normalized spacial score (nSPS) is 12.1. The van der Waals surface area contributed by atoms with Crippen LogP contribution in [0.4, 0.5) is 0 Å². The zero-order valence-electron chi connectivity index (χ0n) is 11.3. The Balaban J connectivity index is 0.000000262. The Morgan fingerprint density at radius 1 is 0.857 bits per heavy atom. The molecule has 0 radical (unpaired) electrons. The molecular weight excluding hydrogens is 280 g/mol. The third-order valence-corrected chi connectivity index (χ3v) is 2.29. The first-order valence-corrected chi connectivity index (χ1v) is 5.69. The smallest absolute Gasteiger partial charge is 0.338 e. The van der Waals surface area contributed by atoms with Crippen LogP contribution in [0.2, 0.25) is 0 Å². The topological polar surface area (TPSA) is 96.0 Å². The predicted octanol–water partition coefficient (Wildman–Crippen LogP) is 0.886. The molecule has 0 spiro atoms. The van der Waals surface area contributed by atoms with Crippen LogP contribution in [0.15, 0.2) is 36.4 Å². The van der Waals surface area contributed by atoms with E-state index in [0.29, 0.717) is 0 Å². The minimum Gasteiger partial charge on any atom is -0.465 e. The first-order chi connectivity index (χ1) is 9.99. The van der Waals surface area contributed by atoms with E-state index in [4.69, 9.17) is 0 Å². The highest BCUT2D eigenvalue weighted by Gasteiger charge is 2.16. The van der Waals surface area contributed by atoms with E-state index in [9.17, 15) is 19.2 Å². The quantitative estimate of drug-likeness (QED) is 0.453. The van der Waals surface area contributed by atoms with Gasteiger partial charge in [-0.25, -0.2) is 19.2 Å². The van der Waals surface area contributed by atoms with Crippen molar-refractivity contribution >= 4 is 23.9 Å². The molecule has 1 aromatic rings. The van der Waals surface area contributed by atoms with Gasteiger partial charge in [0.05, 0.1) is 25.3 Å². The molecule has 1 heterocycles. The molecule has 0 aliphatic carbocycles. The zero-order chi connectivity index (χ0) is 15.8. The summed E-state index contributed by atoms with van der Waals surface area (Å²) in [6.07, 6.45) is 2.17. The van der Waals surface area contributed by atoms with Crippen molar-refractivity contribution in [3.8, 4) is 0 Å². The van der Waals surface area contributed by atoms with Gasteiger partial charge in [0.15, 0.2) is 0 Å². The fraction of sp³-hybridized carbons (Fsp3) is 0.143. The Bertz CT molecular complexity index is 550. The summed E-state index contributed by atoms with van der Waals surface area (Å²) in [6, 6.07) is 6.33. The number of rotatable bonds is 2. The fourth-order valence-corrected chi connectivity index (χ4v) is 1.36. The van der Waals surface area contributed by atoms with Crippen molar-refractivity contribution in [1.29, 1.82) is 0 Å². The molecule has 0 aromatic heterocycles. The maximum atomic E-state index is 11.2. The Hall–Kier alpha value is -2.96. The Morgan fingerprint density at radius 2 is 1.24 bits per heavy atom. The van der Waals surface area contributed by atoms with Crippen LogP contribution in [0.1, 0.15) is 20.7 Å². The van der Waals surface area contributed by atoms with Crippen LogP contribution in [0.5, 0.6) is 0 Å². The lowest BCUT2D eigenvalue weighted by atomic mass is 10.1. The Kier molecular flexibility index (Phi) is 5.81. The van der Waals surface area contributed by atoms with Gasteiger partial charge in [0.2, 0.25) is 0 Å². The molecule has 0 saturated heterocycles. The molecule has 7 heteroatoms. The average Bonchev–Trinajstić information content (AvgIpc) is 2.89. The molecule has 1 aromatic carbocycles. The largest absolute Gasteiger partial charge is 0.465 e. The van der Waals surface area contributed by atoms with E-state index in [1.807, 2.05) is 0 Å². The van der Waals surface area contributed by atoms with Gasteiger partial charge in [0, 0.05) is 12.2 Å². The van der Waals surface area contributed by atoms with Gasteiger partial charge in [0.1, 0.15) is 0 Å². The summed E-state index contributed by atoms with van der Waals surface area (Å²) < 4.78 is 13.0. The number of hydrogen-bond donors (Lipinski definition) is 0. The van der Waals surface area contributed by atoms with Crippen molar-refractivity contribution in [3.63, 3.8) is 0 Å². The molecule has 0 atom stereocenters. The van der Waals surface area contributed by atoms with Gasteiger partial charge in [-0.05, 0) is 12.1 Å². The predicted molar refractivity (Wildman–Crippen MR) is 69.4 cm³/mol. The molecule has 0 bridgehead atoms. The minimum atomic E-state index is -0.579. The highest BCUT2D eigenvalue weighted by molar-refractivity contribution is 6.05. The Morgan fingerprint density at radius 3 is 1.48 bits per heavy atom. The summed E-state index contributed by atoms with van der Waals surface area (Å²) >= 11 is 0. The van der Waals surface area contributed by atoms with E-state index in [1.54, 1.807) is 12.1 Å². The molecule has 21 heavy (non-hydrogen) atoms. The van der Waals surface area contributed by atoms with Crippen LogP contribution >= 0.6 is 0 Å². The summed E-state index contributed by atoms with van der Waals surface area (Å²) in [4.78, 5) is 42.3. The van der Waals surface area contributed by atoms with Crippen molar-refractivity contribution in [1.82, 2.24) is 0 Å². The van der Waals surface area contributed by atoms with Gasteiger partial charge in [-0.1, -0.05) is 12.1 Å². The van der Waals surface area contributed by atoms with Crippen molar-refractivity contribution in [2.45, 2.75) is 0 Å². The number of carbonyl (C=O) groups is 4. The second kappa shape index (κ2) is 7.59. The number of hydrogen-bond acceptors (Lipinski definition) is 7. The molecule has 0 amide bonds. The van der Waals surface area contributed by atoms with E-state index in [2.05, 4.69) is 14.2 Å². The maximum absolute atomic E-state index is 11.2. The van der Waals surface area contributed by atoms with Crippen molar-refractivity contribution in [2.75, 3.05) is 14.2 Å². The van der Waals surface area contributed by atoms with E-state index >= 15 is 0 Å². The molecule has 1 aliphatic rings. The number of methoxy groups -OCH3 is 2.